The molecule has 1 atom stereocenters. The molecule has 0 amide bonds. The van der Waals surface area contributed by atoms with Crippen molar-refractivity contribution in [3.8, 4) is 0 Å². The third kappa shape index (κ3) is 11.6. The molecule has 0 saturated carbocycles. The fourth-order valence-electron chi connectivity index (χ4n) is 1.71. The number of carboxylic acids is 1. The van der Waals surface area contributed by atoms with Gasteiger partial charge in [-0.15, -0.1) is 0 Å². The predicted molar refractivity (Wildman–Crippen MR) is 79.4 cm³/mol. The Labute approximate surface area is 134 Å². The summed E-state index contributed by atoms with van der Waals surface area (Å²) >= 11 is 4.15. The molecule has 1 N–H and O–H groups in total. The fourth-order valence-corrected chi connectivity index (χ4v) is 1.87. The monoisotopic (exact) mass is 270 g/mol. The Morgan fingerprint density at radius 1 is 1.06 bits per heavy atom. The van der Waals surface area contributed by atoms with Gasteiger partial charge < -0.3 is 5.11 Å². The molecule has 2 nitrogen and oxygen atoms in total. The van der Waals surface area contributed by atoms with E-state index in [9.17, 15) is 4.79 Å². The third-order valence-corrected chi connectivity index (χ3v) is 3.39. The quantitative estimate of drug-likeness (QED) is 0.361. The van der Waals surface area contributed by atoms with E-state index < -0.39 is 10.7 Å². The van der Waals surface area contributed by atoms with Crippen LogP contribution in [0.5, 0.6) is 0 Å². The number of carboxylic acid groups (broad SMARTS) is 1. The first-order valence-electron chi connectivity index (χ1n) is 6.46. The molecule has 4 heteroatoms. The summed E-state index contributed by atoms with van der Waals surface area (Å²) in [6, 6.07) is 0. The average Bonchev–Trinajstić information content (AvgIpc) is 2.21. The van der Waals surface area contributed by atoms with E-state index in [1.807, 2.05) is 0 Å². The second-order valence-corrected chi connectivity index (χ2v) is 5.79. The maximum atomic E-state index is 10.8. The van der Waals surface area contributed by atoms with Crippen molar-refractivity contribution < 1.29 is 9.90 Å². The molecule has 0 aliphatic carbocycles. The molecule has 0 aromatic carbocycles. The van der Waals surface area contributed by atoms with Gasteiger partial charge in [-0.1, -0.05) is 58.3 Å². The van der Waals surface area contributed by atoms with Gasteiger partial charge in [0.25, 0.3) is 0 Å². The van der Waals surface area contributed by atoms with E-state index in [-0.39, 0.29) is 29.6 Å². The second-order valence-electron chi connectivity index (χ2n) is 4.80. The molecule has 0 aromatic rings. The van der Waals surface area contributed by atoms with Crippen molar-refractivity contribution in [3.63, 3.8) is 0 Å². The standard InChI is InChI=1S/C13H26O2S.Na.H/c1-3-4-5-6-7-8-9-10-11-13(2,16)12(14)15;;/h16H,3-11H2,1-2H3,(H,14,15);;. The van der Waals surface area contributed by atoms with E-state index in [0.717, 1.165) is 12.8 Å². The molecule has 0 radical (unpaired) electrons. The Morgan fingerprint density at radius 3 is 1.88 bits per heavy atom. The van der Waals surface area contributed by atoms with E-state index in [1.165, 1.54) is 38.5 Å². The molecule has 0 bridgehead atoms. The minimum atomic E-state index is -0.845. The molecule has 0 aromatic heterocycles. The molecule has 0 spiro atoms. The van der Waals surface area contributed by atoms with E-state index >= 15 is 0 Å². The summed E-state index contributed by atoms with van der Waals surface area (Å²) in [7, 11) is 0. The first kappa shape index (κ1) is 20.1. The average molecular weight is 270 g/mol. The molecule has 0 saturated heterocycles. The van der Waals surface area contributed by atoms with Gasteiger partial charge in [-0.3, -0.25) is 4.79 Å². The molecule has 0 aliphatic heterocycles. The minimum absolute atomic E-state index is 0. The SMILES string of the molecule is CCCCCCCCCCC(C)(S)C(=O)O.[NaH]. The van der Waals surface area contributed by atoms with E-state index in [4.69, 9.17) is 5.11 Å². The molecule has 0 heterocycles. The Balaban J connectivity index is 0. The summed E-state index contributed by atoms with van der Waals surface area (Å²) in [6.07, 6.45) is 10.6. The number of aliphatic carboxylic acids is 1. The maximum absolute atomic E-state index is 10.8. The molecule has 0 fully saturated rings. The van der Waals surface area contributed by atoms with Gasteiger partial charge in [0.1, 0.15) is 4.75 Å². The van der Waals surface area contributed by atoms with Crippen LogP contribution in [0.15, 0.2) is 0 Å². The van der Waals surface area contributed by atoms with Gasteiger partial charge in [-0.05, 0) is 13.3 Å². The van der Waals surface area contributed by atoms with Crippen LogP contribution in [0.4, 0.5) is 0 Å². The zero-order valence-electron chi connectivity index (χ0n) is 10.7. The number of unbranched alkanes of at least 4 members (excludes halogenated alkanes) is 7. The Bertz CT molecular complexity index is 196. The van der Waals surface area contributed by atoms with E-state index in [1.54, 1.807) is 6.92 Å². The number of carbonyl (C=O) groups is 1. The Morgan fingerprint density at radius 2 is 1.47 bits per heavy atom. The molecular weight excluding hydrogens is 243 g/mol. The molecule has 17 heavy (non-hydrogen) atoms. The topological polar surface area (TPSA) is 37.3 Å². The molecule has 98 valence electrons. The zero-order valence-corrected chi connectivity index (χ0v) is 11.6. The van der Waals surface area contributed by atoms with Crippen LogP contribution in [0.1, 0.15) is 71.6 Å². The summed E-state index contributed by atoms with van der Waals surface area (Å²) in [5, 5.41) is 8.86. The van der Waals surface area contributed by atoms with Crippen LogP contribution < -0.4 is 0 Å². The van der Waals surface area contributed by atoms with Gasteiger partial charge in [-0.2, -0.15) is 12.6 Å². The van der Waals surface area contributed by atoms with Gasteiger partial charge in [0.2, 0.25) is 0 Å². The van der Waals surface area contributed by atoms with Gasteiger partial charge in [0.05, 0.1) is 0 Å². The summed E-state index contributed by atoms with van der Waals surface area (Å²) < 4.78 is -0.845. The van der Waals surface area contributed by atoms with Crippen LogP contribution in [-0.2, 0) is 4.79 Å². The zero-order chi connectivity index (χ0) is 12.4. The Hall–Kier alpha value is 0.820. The first-order valence-corrected chi connectivity index (χ1v) is 6.91. The van der Waals surface area contributed by atoms with Gasteiger partial charge in [0, 0.05) is 0 Å². The predicted octanol–water partition coefficient (Wildman–Crippen LogP) is 3.64. The second kappa shape index (κ2) is 11.9. The van der Waals surface area contributed by atoms with Gasteiger partial charge in [-0.25, -0.2) is 0 Å². The van der Waals surface area contributed by atoms with Crippen molar-refractivity contribution in [1.82, 2.24) is 0 Å². The van der Waals surface area contributed by atoms with Gasteiger partial charge in [0.15, 0.2) is 0 Å². The van der Waals surface area contributed by atoms with Crippen LogP contribution in [0.2, 0.25) is 0 Å². The van der Waals surface area contributed by atoms with Gasteiger partial charge >= 0.3 is 35.5 Å². The van der Waals surface area contributed by atoms with E-state index in [2.05, 4.69) is 19.6 Å². The van der Waals surface area contributed by atoms with Crippen molar-refractivity contribution in [3.05, 3.63) is 0 Å². The molecule has 0 aliphatic rings. The van der Waals surface area contributed by atoms with Crippen LogP contribution >= 0.6 is 12.6 Å². The normalized spacial score (nSPS) is 13.8. The number of rotatable bonds is 10. The van der Waals surface area contributed by atoms with Crippen LogP contribution in [0.25, 0.3) is 0 Å². The van der Waals surface area contributed by atoms with Crippen molar-refractivity contribution >= 4 is 48.2 Å². The Kier molecular flexibility index (Phi) is 14.1. The summed E-state index contributed by atoms with van der Waals surface area (Å²) in [5.41, 5.74) is 0. The summed E-state index contributed by atoms with van der Waals surface area (Å²) in [4.78, 5) is 10.8. The first-order chi connectivity index (χ1) is 7.50. The van der Waals surface area contributed by atoms with E-state index in [0.29, 0.717) is 6.42 Å². The van der Waals surface area contributed by atoms with Crippen molar-refractivity contribution in [2.24, 2.45) is 0 Å². The number of thiol groups is 1. The van der Waals surface area contributed by atoms with Crippen molar-refractivity contribution in [2.45, 2.75) is 76.4 Å². The fraction of sp³-hybridized carbons (Fsp3) is 0.923. The third-order valence-electron chi connectivity index (χ3n) is 2.98. The molecule has 0 rings (SSSR count). The molecular formula is C13H27NaO2S. The van der Waals surface area contributed by atoms with Crippen molar-refractivity contribution in [2.75, 3.05) is 0 Å². The van der Waals surface area contributed by atoms with Crippen LogP contribution in [-0.4, -0.2) is 45.4 Å². The van der Waals surface area contributed by atoms with Crippen LogP contribution in [0.3, 0.4) is 0 Å². The van der Waals surface area contributed by atoms with Crippen LogP contribution in [0, 0.1) is 0 Å². The van der Waals surface area contributed by atoms with Crippen molar-refractivity contribution in [1.29, 1.82) is 0 Å². The molecule has 1 unspecified atom stereocenters. The summed E-state index contributed by atoms with van der Waals surface area (Å²) in [6.45, 7) is 3.90. The number of hydrogen-bond donors (Lipinski definition) is 2. The number of hydrogen-bond acceptors (Lipinski definition) is 2. The summed E-state index contributed by atoms with van der Waals surface area (Å²) in [5.74, 6) is -0.807.